The number of carbonyl (C=O) groups is 2. The number of nitrogens with zero attached hydrogens (tertiary/aromatic N) is 1. The summed E-state index contributed by atoms with van der Waals surface area (Å²) in [5, 5.41) is 11.9. The first-order chi connectivity index (χ1) is 12.5. The highest BCUT2D eigenvalue weighted by Crippen LogP contribution is 2.25. The summed E-state index contributed by atoms with van der Waals surface area (Å²) in [6.07, 6.45) is -0.00291. The van der Waals surface area contributed by atoms with Gasteiger partial charge in [0.1, 0.15) is 16.6 Å². The van der Waals surface area contributed by atoms with E-state index in [4.69, 9.17) is 0 Å². The standard InChI is InChI=1S/C20H16FNO3S/c21-15-8-6-14(7-9-15)19-22-16(12-26-19)10-17(23)11-18(20(24)25)13-4-2-1-3-5-13/h1-9,12,18H,10-11H2,(H,24,25). The maximum Gasteiger partial charge on any atom is 0.311 e. The fraction of sp³-hybridized carbons (Fsp3) is 0.150. The summed E-state index contributed by atoms with van der Waals surface area (Å²) in [6, 6.07) is 14.7. The lowest BCUT2D eigenvalue weighted by atomic mass is 9.93. The Labute approximate surface area is 154 Å². The number of carbonyl (C=O) groups excluding carboxylic acids is 1. The van der Waals surface area contributed by atoms with Crippen LogP contribution in [0.15, 0.2) is 60.0 Å². The number of ketones is 1. The van der Waals surface area contributed by atoms with E-state index in [0.29, 0.717) is 16.3 Å². The third-order valence-corrected chi connectivity index (χ3v) is 4.89. The van der Waals surface area contributed by atoms with Gasteiger partial charge in [-0.2, -0.15) is 0 Å². The zero-order valence-electron chi connectivity index (χ0n) is 13.8. The molecule has 3 rings (SSSR count). The van der Waals surface area contributed by atoms with Crippen molar-refractivity contribution in [3.05, 3.63) is 77.1 Å². The van der Waals surface area contributed by atoms with Gasteiger partial charge >= 0.3 is 5.97 Å². The van der Waals surface area contributed by atoms with Crippen molar-refractivity contribution in [2.45, 2.75) is 18.8 Å². The molecule has 0 radical (unpaired) electrons. The van der Waals surface area contributed by atoms with E-state index in [-0.39, 0.29) is 24.4 Å². The number of Topliss-reactive ketones (excluding diaryl/α,β-unsaturated/α-hetero) is 1. The summed E-state index contributed by atoms with van der Waals surface area (Å²) in [5.41, 5.74) is 1.98. The zero-order chi connectivity index (χ0) is 18.5. The van der Waals surface area contributed by atoms with Gasteiger partial charge in [0.2, 0.25) is 0 Å². The highest BCUT2D eigenvalue weighted by Gasteiger charge is 2.23. The molecule has 0 spiro atoms. The summed E-state index contributed by atoms with van der Waals surface area (Å²) in [5.74, 6) is -2.38. The average molecular weight is 369 g/mol. The Balaban J connectivity index is 1.68. The fourth-order valence-electron chi connectivity index (χ4n) is 2.65. The molecule has 0 aliphatic carbocycles. The fourth-order valence-corrected chi connectivity index (χ4v) is 3.47. The molecule has 1 N–H and O–H groups in total. The van der Waals surface area contributed by atoms with Crippen LogP contribution in [-0.4, -0.2) is 21.8 Å². The first kappa shape index (κ1) is 17.9. The summed E-state index contributed by atoms with van der Waals surface area (Å²) in [7, 11) is 0. The Morgan fingerprint density at radius 2 is 1.77 bits per heavy atom. The van der Waals surface area contributed by atoms with Crippen LogP contribution < -0.4 is 0 Å². The number of carboxylic acids is 1. The van der Waals surface area contributed by atoms with Crippen molar-refractivity contribution in [1.82, 2.24) is 4.98 Å². The molecule has 0 saturated carbocycles. The number of aliphatic carboxylic acids is 1. The first-order valence-corrected chi connectivity index (χ1v) is 8.90. The lowest BCUT2D eigenvalue weighted by Crippen LogP contribution is -2.17. The number of hydrogen-bond donors (Lipinski definition) is 1. The summed E-state index contributed by atoms with van der Waals surface area (Å²) < 4.78 is 13.0. The topological polar surface area (TPSA) is 67.3 Å². The second-order valence-corrected chi connectivity index (χ2v) is 6.73. The lowest BCUT2D eigenvalue weighted by Gasteiger charge is -2.11. The van der Waals surface area contributed by atoms with Crippen molar-refractivity contribution in [1.29, 1.82) is 0 Å². The van der Waals surface area contributed by atoms with Crippen LogP contribution in [0.1, 0.15) is 23.6 Å². The van der Waals surface area contributed by atoms with Crippen molar-refractivity contribution < 1.29 is 19.1 Å². The van der Waals surface area contributed by atoms with Gasteiger partial charge in [-0.15, -0.1) is 11.3 Å². The largest absolute Gasteiger partial charge is 0.481 e. The predicted octanol–water partition coefficient (Wildman–Crippen LogP) is 4.32. The summed E-state index contributed by atoms with van der Waals surface area (Å²) in [4.78, 5) is 28.3. The van der Waals surface area contributed by atoms with E-state index in [1.807, 2.05) is 0 Å². The molecular weight excluding hydrogens is 353 g/mol. The number of rotatable bonds is 7. The predicted molar refractivity (Wildman–Crippen MR) is 97.7 cm³/mol. The van der Waals surface area contributed by atoms with E-state index in [9.17, 15) is 19.1 Å². The van der Waals surface area contributed by atoms with Crippen molar-refractivity contribution in [3.8, 4) is 10.6 Å². The third-order valence-electron chi connectivity index (χ3n) is 3.95. The monoisotopic (exact) mass is 369 g/mol. The number of benzene rings is 2. The molecule has 2 aromatic carbocycles. The molecule has 1 unspecified atom stereocenters. The van der Waals surface area contributed by atoms with Crippen molar-refractivity contribution in [2.75, 3.05) is 0 Å². The minimum absolute atomic E-state index is 0.0777. The molecule has 4 nitrogen and oxygen atoms in total. The molecule has 132 valence electrons. The molecule has 26 heavy (non-hydrogen) atoms. The van der Waals surface area contributed by atoms with Crippen LogP contribution in [0.25, 0.3) is 10.6 Å². The number of thiazole rings is 1. The van der Waals surface area contributed by atoms with Gasteiger partial charge in [0.15, 0.2) is 0 Å². The van der Waals surface area contributed by atoms with Gasteiger partial charge in [0.25, 0.3) is 0 Å². The third kappa shape index (κ3) is 4.40. The molecule has 0 saturated heterocycles. The van der Waals surface area contributed by atoms with Crippen LogP contribution in [0.3, 0.4) is 0 Å². The molecule has 0 amide bonds. The first-order valence-electron chi connectivity index (χ1n) is 8.02. The highest BCUT2D eigenvalue weighted by molar-refractivity contribution is 7.13. The van der Waals surface area contributed by atoms with E-state index in [1.165, 1.54) is 23.5 Å². The van der Waals surface area contributed by atoms with Gasteiger partial charge in [-0.05, 0) is 29.8 Å². The normalized spacial score (nSPS) is 11.9. The Bertz CT molecular complexity index is 906. The molecule has 0 aliphatic heterocycles. The Kier molecular flexibility index (Phi) is 5.53. The van der Waals surface area contributed by atoms with Crippen LogP contribution in [0.2, 0.25) is 0 Å². The van der Waals surface area contributed by atoms with Gasteiger partial charge in [-0.25, -0.2) is 9.37 Å². The number of hydrogen-bond acceptors (Lipinski definition) is 4. The Hall–Kier alpha value is -2.86. The molecule has 0 fully saturated rings. The van der Waals surface area contributed by atoms with Gasteiger partial charge in [-0.1, -0.05) is 30.3 Å². The number of carboxylic acid groups (broad SMARTS) is 1. The lowest BCUT2D eigenvalue weighted by molar-refractivity contribution is -0.140. The molecule has 1 heterocycles. The number of halogens is 1. The molecule has 3 aromatic rings. The van der Waals surface area contributed by atoms with E-state index in [0.717, 1.165) is 5.56 Å². The van der Waals surface area contributed by atoms with Crippen molar-refractivity contribution in [2.24, 2.45) is 0 Å². The average Bonchev–Trinajstić information content (AvgIpc) is 3.09. The van der Waals surface area contributed by atoms with Crippen molar-refractivity contribution >= 4 is 23.1 Å². The second-order valence-electron chi connectivity index (χ2n) is 5.87. The molecule has 1 atom stereocenters. The maximum absolute atomic E-state index is 13.0. The van der Waals surface area contributed by atoms with Gasteiger partial charge in [0.05, 0.1) is 11.6 Å². The van der Waals surface area contributed by atoms with Crippen molar-refractivity contribution in [3.63, 3.8) is 0 Å². The second kappa shape index (κ2) is 8.01. The van der Waals surface area contributed by atoms with Gasteiger partial charge in [-0.3, -0.25) is 9.59 Å². The molecule has 6 heteroatoms. The maximum atomic E-state index is 13.0. The van der Waals surface area contributed by atoms with E-state index in [2.05, 4.69) is 4.98 Å². The summed E-state index contributed by atoms with van der Waals surface area (Å²) in [6.45, 7) is 0. The molecule has 1 aromatic heterocycles. The minimum Gasteiger partial charge on any atom is -0.481 e. The quantitative estimate of drug-likeness (QED) is 0.673. The Morgan fingerprint density at radius 3 is 2.42 bits per heavy atom. The van der Waals surface area contributed by atoms with Crippen LogP contribution >= 0.6 is 11.3 Å². The highest BCUT2D eigenvalue weighted by atomic mass is 32.1. The molecule has 0 aliphatic rings. The van der Waals surface area contributed by atoms with Gasteiger partial charge in [0, 0.05) is 23.8 Å². The smallest absolute Gasteiger partial charge is 0.311 e. The summed E-state index contributed by atoms with van der Waals surface area (Å²) >= 11 is 1.37. The van der Waals surface area contributed by atoms with Crippen LogP contribution in [-0.2, 0) is 16.0 Å². The molecule has 0 bridgehead atoms. The molecular formula is C20H16FNO3S. The van der Waals surface area contributed by atoms with Crippen LogP contribution in [0.4, 0.5) is 4.39 Å². The van der Waals surface area contributed by atoms with Gasteiger partial charge < -0.3 is 5.11 Å². The SMILES string of the molecule is O=C(Cc1csc(-c2ccc(F)cc2)n1)CC(C(=O)O)c1ccccc1. The van der Waals surface area contributed by atoms with Crippen LogP contribution in [0, 0.1) is 5.82 Å². The van der Waals surface area contributed by atoms with E-state index < -0.39 is 11.9 Å². The zero-order valence-corrected chi connectivity index (χ0v) is 14.6. The minimum atomic E-state index is -1.02. The van der Waals surface area contributed by atoms with E-state index in [1.54, 1.807) is 47.8 Å². The van der Waals surface area contributed by atoms with Crippen LogP contribution in [0.5, 0.6) is 0 Å². The van der Waals surface area contributed by atoms with E-state index >= 15 is 0 Å². The Morgan fingerprint density at radius 1 is 1.08 bits per heavy atom. The number of aromatic nitrogens is 1.